The first-order valence-electron chi connectivity index (χ1n) is 6.58. The maximum absolute atomic E-state index is 5.42. The molecule has 0 atom stereocenters. The van der Waals surface area contributed by atoms with Crippen LogP contribution in [0.1, 0.15) is 50.0 Å². The van der Waals surface area contributed by atoms with Crippen molar-refractivity contribution >= 4 is 28.4 Å². The van der Waals surface area contributed by atoms with Gasteiger partial charge in [0, 0.05) is 19.6 Å². The lowest BCUT2D eigenvalue weighted by molar-refractivity contribution is 0.128. The van der Waals surface area contributed by atoms with Crippen LogP contribution in [0.25, 0.3) is 0 Å². The summed E-state index contributed by atoms with van der Waals surface area (Å²) < 4.78 is 6.59. The van der Waals surface area contributed by atoms with Crippen molar-refractivity contribution in [2.45, 2.75) is 45.1 Å². The Kier molecular flexibility index (Phi) is 5.17. The van der Waals surface area contributed by atoms with E-state index in [1.807, 2.05) is 14.0 Å². The first-order chi connectivity index (χ1) is 8.76. The molecule has 4 nitrogen and oxygen atoms in total. The van der Waals surface area contributed by atoms with E-state index in [9.17, 15) is 0 Å². The van der Waals surface area contributed by atoms with Gasteiger partial charge in [0.05, 0.1) is 9.26 Å². The number of aromatic nitrogens is 2. The van der Waals surface area contributed by atoms with E-state index in [0.717, 1.165) is 11.6 Å². The average molecular weight is 361 g/mol. The number of nitrogens with zero attached hydrogens (tertiary/aromatic N) is 2. The minimum absolute atomic E-state index is 0.502. The Hall–Kier alpha value is -0.430. The first kappa shape index (κ1) is 14.0. The SMILES string of the molecule is CCOCc1nc(NC)c(I)c(C2CCCC2)n1. The summed E-state index contributed by atoms with van der Waals surface area (Å²) in [5, 5.41) is 3.16. The Balaban J connectivity index is 2.30. The summed E-state index contributed by atoms with van der Waals surface area (Å²) in [6.07, 6.45) is 5.15. The van der Waals surface area contributed by atoms with Crippen molar-refractivity contribution in [2.24, 2.45) is 0 Å². The summed E-state index contributed by atoms with van der Waals surface area (Å²) >= 11 is 2.36. The van der Waals surface area contributed by atoms with E-state index in [1.165, 1.54) is 34.9 Å². The second kappa shape index (κ2) is 6.65. The van der Waals surface area contributed by atoms with Gasteiger partial charge in [-0.3, -0.25) is 0 Å². The van der Waals surface area contributed by atoms with Crippen LogP contribution in [-0.4, -0.2) is 23.6 Å². The number of anilines is 1. The minimum Gasteiger partial charge on any atom is -0.374 e. The molecule has 1 aliphatic carbocycles. The molecule has 0 radical (unpaired) electrons. The predicted molar refractivity (Wildman–Crippen MR) is 80.8 cm³/mol. The Bertz CT molecular complexity index is 405. The van der Waals surface area contributed by atoms with Crippen LogP contribution in [0.3, 0.4) is 0 Å². The van der Waals surface area contributed by atoms with Crippen molar-refractivity contribution in [1.82, 2.24) is 9.97 Å². The van der Waals surface area contributed by atoms with Crippen LogP contribution < -0.4 is 5.32 Å². The van der Waals surface area contributed by atoms with Gasteiger partial charge in [0.15, 0.2) is 5.82 Å². The molecular weight excluding hydrogens is 341 g/mol. The first-order valence-corrected chi connectivity index (χ1v) is 7.66. The number of nitrogens with one attached hydrogen (secondary N) is 1. The summed E-state index contributed by atoms with van der Waals surface area (Å²) in [5.41, 5.74) is 1.21. The van der Waals surface area contributed by atoms with Gasteiger partial charge in [-0.05, 0) is 42.4 Å². The van der Waals surface area contributed by atoms with E-state index in [1.54, 1.807) is 0 Å². The molecule has 1 aliphatic rings. The molecule has 1 fully saturated rings. The predicted octanol–water partition coefficient (Wildman–Crippen LogP) is 3.32. The third-order valence-corrected chi connectivity index (χ3v) is 4.40. The fraction of sp³-hybridized carbons (Fsp3) is 0.692. The summed E-state index contributed by atoms with van der Waals surface area (Å²) in [4.78, 5) is 9.22. The van der Waals surface area contributed by atoms with Crippen LogP contribution in [0.5, 0.6) is 0 Å². The van der Waals surface area contributed by atoms with Crippen molar-refractivity contribution in [3.05, 3.63) is 15.1 Å². The Morgan fingerprint density at radius 1 is 1.33 bits per heavy atom. The normalized spacial score (nSPS) is 16.2. The highest BCUT2D eigenvalue weighted by Crippen LogP contribution is 2.36. The quantitative estimate of drug-likeness (QED) is 0.818. The molecule has 0 unspecified atom stereocenters. The van der Waals surface area contributed by atoms with Crippen LogP contribution in [0.15, 0.2) is 0 Å². The van der Waals surface area contributed by atoms with Gasteiger partial charge in [-0.15, -0.1) is 0 Å². The largest absolute Gasteiger partial charge is 0.374 e. The van der Waals surface area contributed by atoms with Crippen molar-refractivity contribution in [3.63, 3.8) is 0 Å². The van der Waals surface area contributed by atoms with E-state index in [-0.39, 0.29) is 0 Å². The lowest BCUT2D eigenvalue weighted by Crippen LogP contribution is -2.11. The highest BCUT2D eigenvalue weighted by atomic mass is 127. The van der Waals surface area contributed by atoms with Crippen LogP contribution in [0.4, 0.5) is 5.82 Å². The lowest BCUT2D eigenvalue weighted by atomic mass is 10.0. The molecular formula is C13H20IN3O. The molecule has 0 bridgehead atoms. The third-order valence-electron chi connectivity index (χ3n) is 3.34. The van der Waals surface area contributed by atoms with Gasteiger partial charge < -0.3 is 10.1 Å². The van der Waals surface area contributed by atoms with E-state index < -0.39 is 0 Å². The third kappa shape index (κ3) is 3.12. The maximum atomic E-state index is 5.42. The van der Waals surface area contributed by atoms with E-state index in [2.05, 4.69) is 32.9 Å². The smallest absolute Gasteiger partial charge is 0.156 e. The van der Waals surface area contributed by atoms with Gasteiger partial charge in [-0.1, -0.05) is 12.8 Å². The van der Waals surface area contributed by atoms with Gasteiger partial charge in [-0.25, -0.2) is 9.97 Å². The van der Waals surface area contributed by atoms with Crippen LogP contribution in [-0.2, 0) is 11.3 Å². The van der Waals surface area contributed by atoms with Crippen LogP contribution >= 0.6 is 22.6 Å². The molecule has 1 aromatic heterocycles. The molecule has 0 spiro atoms. The monoisotopic (exact) mass is 361 g/mol. The summed E-state index contributed by atoms with van der Waals surface area (Å²) in [6.45, 7) is 3.19. The molecule has 0 saturated heterocycles. The molecule has 100 valence electrons. The number of halogens is 1. The molecule has 1 N–H and O–H groups in total. The van der Waals surface area contributed by atoms with Crippen molar-refractivity contribution in [2.75, 3.05) is 19.0 Å². The lowest BCUT2D eigenvalue weighted by Gasteiger charge is -2.15. The molecule has 5 heteroatoms. The maximum Gasteiger partial charge on any atom is 0.156 e. The molecule has 1 saturated carbocycles. The van der Waals surface area contributed by atoms with Gasteiger partial charge in [0.1, 0.15) is 12.4 Å². The fourth-order valence-corrected chi connectivity index (χ4v) is 3.36. The zero-order valence-electron chi connectivity index (χ0n) is 11.0. The molecule has 0 aromatic carbocycles. The minimum atomic E-state index is 0.502. The molecule has 2 rings (SSSR count). The number of hydrogen-bond acceptors (Lipinski definition) is 4. The van der Waals surface area contributed by atoms with Crippen LogP contribution in [0.2, 0.25) is 0 Å². The van der Waals surface area contributed by atoms with Gasteiger partial charge in [0.25, 0.3) is 0 Å². The van der Waals surface area contributed by atoms with E-state index in [4.69, 9.17) is 9.72 Å². The summed E-state index contributed by atoms with van der Waals surface area (Å²) in [5.74, 6) is 2.33. The Morgan fingerprint density at radius 3 is 2.67 bits per heavy atom. The van der Waals surface area contributed by atoms with E-state index >= 15 is 0 Å². The zero-order chi connectivity index (χ0) is 13.0. The molecule has 0 aliphatic heterocycles. The zero-order valence-corrected chi connectivity index (χ0v) is 13.2. The number of hydrogen-bond donors (Lipinski definition) is 1. The topological polar surface area (TPSA) is 47.0 Å². The number of rotatable bonds is 5. The van der Waals surface area contributed by atoms with Crippen molar-refractivity contribution < 1.29 is 4.74 Å². The molecule has 1 heterocycles. The van der Waals surface area contributed by atoms with Gasteiger partial charge >= 0.3 is 0 Å². The highest BCUT2D eigenvalue weighted by molar-refractivity contribution is 14.1. The Labute approximate surface area is 122 Å². The Morgan fingerprint density at radius 2 is 2.06 bits per heavy atom. The van der Waals surface area contributed by atoms with Crippen LogP contribution in [0, 0.1) is 3.57 Å². The van der Waals surface area contributed by atoms with Gasteiger partial charge in [0.2, 0.25) is 0 Å². The summed E-state index contributed by atoms with van der Waals surface area (Å²) in [6, 6.07) is 0. The highest BCUT2D eigenvalue weighted by Gasteiger charge is 2.23. The number of ether oxygens (including phenoxy) is 1. The average Bonchev–Trinajstić information content (AvgIpc) is 2.91. The van der Waals surface area contributed by atoms with Crippen molar-refractivity contribution in [1.29, 1.82) is 0 Å². The second-order valence-electron chi connectivity index (χ2n) is 4.56. The van der Waals surface area contributed by atoms with E-state index in [0.29, 0.717) is 19.1 Å². The molecule has 0 amide bonds. The second-order valence-corrected chi connectivity index (χ2v) is 5.63. The van der Waals surface area contributed by atoms with Gasteiger partial charge in [-0.2, -0.15) is 0 Å². The summed E-state index contributed by atoms with van der Waals surface area (Å²) in [7, 11) is 1.91. The molecule has 18 heavy (non-hydrogen) atoms. The standard InChI is InChI=1S/C13H20IN3O/c1-3-18-8-10-16-12(9-6-4-5-7-9)11(14)13(15-2)17-10/h9H,3-8H2,1-2H3,(H,15,16,17). The fourth-order valence-electron chi connectivity index (χ4n) is 2.41. The van der Waals surface area contributed by atoms with Crippen molar-refractivity contribution in [3.8, 4) is 0 Å². The molecule has 1 aromatic rings.